The number of rotatable bonds is 6. The van der Waals surface area contributed by atoms with Gasteiger partial charge < -0.3 is 9.84 Å². The van der Waals surface area contributed by atoms with Gasteiger partial charge in [-0.15, -0.1) is 0 Å². The summed E-state index contributed by atoms with van der Waals surface area (Å²) >= 11 is 0. The molecule has 0 saturated carbocycles. The SMILES string of the molecule is N#Cc1ccccc1S(=O)(=O)N1CCN(C[C@@H](O)CN2CCOCC2)CC1. The summed E-state index contributed by atoms with van der Waals surface area (Å²) in [7, 11) is -3.68. The Bertz CT molecular complexity index is 766. The van der Waals surface area contributed by atoms with Crippen LogP contribution in [0.2, 0.25) is 0 Å². The molecule has 1 N–H and O–H groups in total. The Kier molecular flexibility index (Phi) is 6.81. The largest absolute Gasteiger partial charge is 0.390 e. The van der Waals surface area contributed by atoms with E-state index in [2.05, 4.69) is 9.80 Å². The number of hydrogen-bond donors (Lipinski definition) is 1. The molecule has 27 heavy (non-hydrogen) atoms. The minimum atomic E-state index is -3.68. The summed E-state index contributed by atoms with van der Waals surface area (Å²) < 4.78 is 32.4. The molecule has 0 radical (unpaired) electrons. The quantitative estimate of drug-likeness (QED) is 0.698. The lowest BCUT2D eigenvalue weighted by atomic mass is 10.2. The fourth-order valence-electron chi connectivity index (χ4n) is 3.51. The van der Waals surface area contributed by atoms with Crippen LogP contribution in [0.25, 0.3) is 0 Å². The Morgan fingerprint density at radius 1 is 1.04 bits per heavy atom. The summed E-state index contributed by atoms with van der Waals surface area (Å²) in [6.07, 6.45) is -0.467. The van der Waals surface area contributed by atoms with Gasteiger partial charge in [0.15, 0.2) is 0 Å². The molecule has 3 rings (SSSR count). The molecule has 1 atom stereocenters. The first-order chi connectivity index (χ1) is 13.0. The normalized spacial score (nSPS) is 21.6. The molecular formula is C18H26N4O4S. The zero-order valence-electron chi connectivity index (χ0n) is 15.3. The summed E-state index contributed by atoms with van der Waals surface area (Å²) in [5.74, 6) is 0. The van der Waals surface area contributed by atoms with Gasteiger partial charge in [-0.3, -0.25) is 9.80 Å². The average molecular weight is 394 g/mol. The van der Waals surface area contributed by atoms with Crippen LogP contribution in [-0.2, 0) is 14.8 Å². The van der Waals surface area contributed by atoms with E-state index in [1.165, 1.54) is 16.4 Å². The molecule has 2 aliphatic rings. The summed E-state index contributed by atoms with van der Waals surface area (Å²) in [5.41, 5.74) is 0.167. The Hall–Kier alpha value is -1.54. The third-order valence-electron chi connectivity index (χ3n) is 5.00. The van der Waals surface area contributed by atoms with Gasteiger partial charge in [0.1, 0.15) is 6.07 Å². The fourth-order valence-corrected chi connectivity index (χ4v) is 5.08. The van der Waals surface area contributed by atoms with E-state index in [4.69, 9.17) is 4.74 Å². The summed E-state index contributed by atoms with van der Waals surface area (Å²) in [6.45, 7) is 6.04. The molecule has 1 aromatic carbocycles. The third-order valence-corrected chi connectivity index (χ3v) is 6.95. The highest BCUT2D eigenvalue weighted by atomic mass is 32.2. The van der Waals surface area contributed by atoms with E-state index in [1.54, 1.807) is 12.1 Å². The van der Waals surface area contributed by atoms with Crippen LogP contribution >= 0.6 is 0 Å². The van der Waals surface area contributed by atoms with Crippen molar-refractivity contribution < 1.29 is 18.3 Å². The Morgan fingerprint density at radius 2 is 1.63 bits per heavy atom. The second-order valence-electron chi connectivity index (χ2n) is 6.88. The summed E-state index contributed by atoms with van der Waals surface area (Å²) in [5, 5.41) is 19.5. The minimum absolute atomic E-state index is 0.0632. The van der Waals surface area contributed by atoms with Crippen LogP contribution in [0.4, 0.5) is 0 Å². The molecule has 0 aliphatic carbocycles. The lowest BCUT2D eigenvalue weighted by molar-refractivity contribution is 0.00469. The van der Waals surface area contributed by atoms with Gasteiger partial charge in [-0.05, 0) is 12.1 Å². The van der Waals surface area contributed by atoms with Gasteiger partial charge in [-0.1, -0.05) is 12.1 Å². The maximum absolute atomic E-state index is 12.8. The van der Waals surface area contributed by atoms with Gasteiger partial charge in [0.25, 0.3) is 0 Å². The first kappa shape index (κ1) is 20.2. The van der Waals surface area contributed by atoms with Gasteiger partial charge in [-0.2, -0.15) is 9.57 Å². The zero-order chi connectivity index (χ0) is 19.3. The van der Waals surface area contributed by atoms with E-state index in [1.807, 2.05) is 6.07 Å². The highest BCUT2D eigenvalue weighted by molar-refractivity contribution is 7.89. The van der Waals surface area contributed by atoms with E-state index in [0.29, 0.717) is 52.5 Å². The topological polar surface area (TPSA) is 97.1 Å². The minimum Gasteiger partial charge on any atom is -0.390 e. The van der Waals surface area contributed by atoms with Gasteiger partial charge in [0.05, 0.1) is 29.8 Å². The van der Waals surface area contributed by atoms with Gasteiger partial charge in [0.2, 0.25) is 10.0 Å². The molecule has 0 bridgehead atoms. The predicted molar refractivity (Wildman–Crippen MR) is 99.6 cm³/mol. The second kappa shape index (κ2) is 9.10. The predicted octanol–water partition coefficient (Wildman–Crippen LogP) is -0.442. The third kappa shape index (κ3) is 5.04. The van der Waals surface area contributed by atoms with Crippen molar-refractivity contribution in [2.45, 2.75) is 11.0 Å². The van der Waals surface area contributed by atoms with Gasteiger partial charge in [0, 0.05) is 52.4 Å². The number of sulfonamides is 1. The van der Waals surface area contributed by atoms with E-state index >= 15 is 0 Å². The van der Waals surface area contributed by atoms with E-state index < -0.39 is 16.1 Å². The molecule has 2 heterocycles. The van der Waals surface area contributed by atoms with Crippen LogP contribution in [0.1, 0.15) is 5.56 Å². The molecule has 2 aliphatic heterocycles. The summed E-state index contributed by atoms with van der Waals surface area (Å²) in [4.78, 5) is 4.34. The average Bonchev–Trinajstić information content (AvgIpc) is 2.69. The second-order valence-corrected chi connectivity index (χ2v) is 8.79. The molecule has 1 aromatic rings. The van der Waals surface area contributed by atoms with Crippen molar-refractivity contribution in [3.05, 3.63) is 29.8 Å². The van der Waals surface area contributed by atoms with Gasteiger partial charge in [-0.25, -0.2) is 8.42 Å². The van der Waals surface area contributed by atoms with Crippen molar-refractivity contribution in [1.82, 2.24) is 14.1 Å². The van der Waals surface area contributed by atoms with Crippen molar-refractivity contribution in [3.63, 3.8) is 0 Å². The van der Waals surface area contributed by atoms with Crippen LogP contribution in [0.5, 0.6) is 0 Å². The number of piperazine rings is 1. The maximum Gasteiger partial charge on any atom is 0.244 e. The standard InChI is InChI=1S/C18H26N4O4S/c19-13-16-3-1-2-4-18(16)27(24,25)22-7-5-20(6-8-22)14-17(23)15-21-9-11-26-12-10-21/h1-4,17,23H,5-12,14-15H2/t17-/m1/s1. The number of morpholine rings is 1. The van der Waals surface area contributed by atoms with Crippen LogP contribution < -0.4 is 0 Å². The molecule has 148 valence electrons. The van der Waals surface area contributed by atoms with Crippen molar-refractivity contribution >= 4 is 10.0 Å². The first-order valence-electron chi connectivity index (χ1n) is 9.20. The maximum atomic E-state index is 12.8. The van der Waals surface area contributed by atoms with Crippen molar-refractivity contribution in [3.8, 4) is 6.07 Å². The highest BCUT2D eigenvalue weighted by Crippen LogP contribution is 2.21. The van der Waals surface area contributed by atoms with E-state index in [9.17, 15) is 18.8 Å². The molecule has 0 spiro atoms. The highest BCUT2D eigenvalue weighted by Gasteiger charge is 2.30. The zero-order valence-corrected chi connectivity index (χ0v) is 16.1. The lowest BCUT2D eigenvalue weighted by Gasteiger charge is -2.36. The molecule has 0 unspecified atom stereocenters. The fraction of sp³-hybridized carbons (Fsp3) is 0.611. The number of ether oxygens (including phenoxy) is 1. The molecule has 2 fully saturated rings. The van der Waals surface area contributed by atoms with Crippen molar-refractivity contribution in [2.24, 2.45) is 0 Å². The number of aliphatic hydroxyl groups is 1. The number of β-amino-alcohol motifs (C(OH)–C–C–N with tert-alkyl or cyclic N) is 1. The molecule has 2 saturated heterocycles. The van der Waals surface area contributed by atoms with E-state index in [0.717, 1.165) is 13.1 Å². The number of nitriles is 1. The van der Waals surface area contributed by atoms with Crippen LogP contribution in [-0.4, -0.2) is 99.3 Å². The number of aliphatic hydroxyl groups excluding tert-OH is 1. The first-order valence-corrected chi connectivity index (χ1v) is 10.6. The number of benzene rings is 1. The molecule has 0 aromatic heterocycles. The van der Waals surface area contributed by atoms with Crippen LogP contribution in [0, 0.1) is 11.3 Å². The van der Waals surface area contributed by atoms with E-state index in [-0.39, 0.29) is 10.5 Å². The Labute approximate surface area is 160 Å². The monoisotopic (exact) mass is 394 g/mol. The van der Waals surface area contributed by atoms with Crippen LogP contribution in [0.3, 0.4) is 0 Å². The Morgan fingerprint density at radius 3 is 2.26 bits per heavy atom. The van der Waals surface area contributed by atoms with Crippen LogP contribution in [0.15, 0.2) is 29.2 Å². The molecule has 8 nitrogen and oxygen atoms in total. The molecule has 9 heteroatoms. The summed E-state index contributed by atoms with van der Waals surface area (Å²) in [6, 6.07) is 8.24. The molecule has 0 amide bonds. The van der Waals surface area contributed by atoms with Gasteiger partial charge >= 0.3 is 0 Å². The molecular weight excluding hydrogens is 368 g/mol. The lowest BCUT2D eigenvalue weighted by Crippen LogP contribution is -2.52. The Balaban J connectivity index is 1.53. The number of nitrogens with zero attached hydrogens (tertiary/aromatic N) is 4. The number of hydrogen-bond acceptors (Lipinski definition) is 7. The smallest absolute Gasteiger partial charge is 0.244 e. The van der Waals surface area contributed by atoms with Crippen molar-refractivity contribution in [2.75, 3.05) is 65.6 Å². The van der Waals surface area contributed by atoms with Crippen molar-refractivity contribution in [1.29, 1.82) is 5.26 Å².